The lowest BCUT2D eigenvalue weighted by atomic mass is 10.1. The van der Waals surface area contributed by atoms with Crippen LogP contribution in [0.15, 0.2) is 12.4 Å². The van der Waals surface area contributed by atoms with Crippen molar-refractivity contribution in [3.8, 4) is 12.0 Å². The van der Waals surface area contributed by atoms with E-state index in [1.54, 1.807) is 9.42 Å². The summed E-state index contributed by atoms with van der Waals surface area (Å²) in [6.45, 7) is 21.7. The second-order valence-corrected chi connectivity index (χ2v) is 18.9. The van der Waals surface area contributed by atoms with E-state index < -0.39 is 5.60 Å². The highest BCUT2D eigenvalue weighted by molar-refractivity contribution is 5.68. The summed E-state index contributed by atoms with van der Waals surface area (Å²) in [5.41, 5.74) is 3.33. The molecule has 0 unspecified atom stereocenters. The molecule has 4 saturated heterocycles. The Hall–Kier alpha value is -4.55. The van der Waals surface area contributed by atoms with Crippen LogP contribution in [0.1, 0.15) is 123 Å². The van der Waals surface area contributed by atoms with E-state index in [1.807, 2.05) is 37.7 Å². The number of ether oxygens (including phenoxy) is 3. The molecule has 0 spiro atoms. The molecule has 0 bridgehead atoms. The van der Waals surface area contributed by atoms with Gasteiger partial charge in [-0.2, -0.15) is 39.2 Å². The molecule has 18 nitrogen and oxygen atoms in total. The van der Waals surface area contributed by atoms with Crippen molar-refractivity contribution in [1.82, 2.24) is 59.2 Å². The van der Waals surface area contributed by atoms with Gasteiger partial charge in [0.15, 0.2) is 11.3 Å². The molecule has 1 amide bonds. The fourth-order valence-electron chi connectivity index (χ4n) is 8.22. The van der Waals surface area contributed by atoms with Gasteiger partial charge in [-0.1, -0.05) is 27.7 Å². The Balaban J connectivity index is 0.000000189. The van der Waals surface area contributed by atoms with Crippen LogP contribution in [0.25, 0.3) is 11.3 Å². The molecule has 61 heavy (non-hydrogen) atoms. The minimum atomic E-state index is -0.489. The summed E-state index contributed by atoms with van der Waals surface area (Å²) in [6, 6.07) is 1.43. The molecule has 0 saturated carbocycles. The first-order valence-electron chi connectivity index (χ1n) is 22.6. The van der Waals surface area contributed by atoms with Crippen LogP contribution in [-0.2, 0) is 4.74 Å². The molecule has 4 aromatic heterocycles. The van der Waals surface area contributed by atoms with Crippen molar-refractivity contribution in [2.24, 2.45) is 0 Å². The molecular weight excluding hydrogens is 777 g/mol. The van der Waals surface area contributed by atoms with Gasteiger partial charge in [-0.15, -0.1) is 0 Å². The number of aromatic nitrogens is 8. The lowest BCUT2D eigenvalue weighted by Crippen LogP contribution is -2.44. The minimum Gasteiger partial charge on any atom is -0.460 e. The van der Waals surface area contributed by atoms with Gasteiger partial charge in [0.2, 0.25) is 11.9 Å². The normalized spacial score (nSPS) is 19.7. The van der Waals surface area contributed by atoms with Gasteiger partial charge in [0.25, 0.3) is 0 Å². The quantitative estimate of drug-likeness (QED) is 0.184. The number of likely N-dealkylation sites (tertiary alicyclic amines) is 3. The first kappa shape index (κ1) is 44.5. The zero-order valence-corrected chi connectivity index (χ0v) is 38.0. The highest BCUT2D eigenvalue weighted by atomic mass is 16.6. The number of fused-ring (bicyclic) bond motifs is 2. The summed E-state index contributed by atoms with van der Waals surface area (Å²) in [5, 5.41) is 19.7. The number of carbonyl (C=O) groups excluding carboxylic acids is 1. The van der Waals surface area contributed by atoms with E-state index >= 15 is 0 Å². The fourth-order valence-corrected chi connectivity index (χ4v) is 8.22. The summed E-state index contributed by atoms with van der Waals surface area (Å²) in [5.74, 6) is 2.01. The Morgan fingerprint density at radius 2 is 1.08 bits per heavy atom. The van der Waals surface area contributed by atoms with E-state index in [-0.39, 0.29) is 30.3 Å². The topological polar surface area (TPSA) is 177 Å². The van der Waals surface area contributed by atoms with E-state index in [9.17, 15) is 4.79 Å². The molecule has 0 radical (unpaired) electrons. The SMILES string of the molecule is CC(C)c1cnn2c(NC3CCN(C(=O)OC(C)(C)C)CC3)nc(OC3CCN(C)CC3)nc12.CC(C)c1cnn2c(NC3CCNCC3)nc(OC3CCN(C)CC3)nc12. The van der Waals surface area contributed by atoms with Gasteiger partial charge in [0.05, 0.1) is 12.4 Å². The Kier molecular flexibility index (Phi) is 14.3. The van der Waals surface area contributed by atoms with Gasteiger partial charge >= 0.3 is 18.1 Å². The number of carbonyl (C=O) groups is 1. The summed E-state index contributed by atoms with van der Waals surface area (Å²) >= 11 is 0. The molecule has 0 aromatic carbocycles. The monoisotopic (exact) mass is 847 g/mol. The maximum Gasteiger partial charge on any atom is 0.410 e. The molecule has 8 heterocycles. The maximum absolute atomic E-state index is 12.4. The van der Waals surface area contributed by atoms with Crippen molar-refractivity contribution in [3.63, 3.8) is 0 Å². The van der Waals surface area contributed by atoms with Crippen LogP contribution in [0.4, 0.5) is 16.7 Å². The molecule has 336 valence electrons. The summed E-state index contributed by atoms with van der Waals surface area (Å²) in [7, 11) is 4.29. The maximum atomic E-state index is 12.4. The molecule has 8 rings (SSSR count). The van der Waals surface area contributed by atoms with Gasteiger partial charge in [-0.05, 0) is 111 Å². The molecule has 0 atom stereocenters. The van der Waals surface area contributed by atoms with Crippen molar-refractivity contribution in [3.05, 3.63) is 23.5 Å². The van der Waals surface area contributed by atoms with E-state index in [1.165, 1.54) is 0 Å². The van der Waals surface area contributed by atoms with E-state index in [2.05, 4.69) is 77.7 Å². The number of anilines is 2. The van der Waals surface area contributed by atoms with Crippen molar-refractivity contribution >= 4 is 29.3 Å². The van der Waals surface area contributed by atoms with Gasteiger partial charge in [0.1, 0.15) is 17.8 Å². The first-order valence-corrected chi connectivity index (χ1v) is 22.6. The fraction of sp³-hybridized carbons (Fsp3) is 0.744. The largest absolute Gasteiger partial charge is 0.460 e. The molecule has 4 aliphatic rings. The van der Waals surface area contributed by atoms with Crippen molar-refractivity contribution < 1.29 is 19.0 Å². The second kappa shape index (κ2) is 19.7. The van der Waals surface area contributed by atoms with Crippen molar-refractivity contribution in [2.75, 3.05) is 77.1 Å². The third-order valence-electron chi connectivity index (χ3n) is 12.0. The van der Waals surface area contributed by atoms with Crippen LogP contribution in [0.3, 0.4) is 0 Å². The van der Waals surface area contributed by atoms with Crippen LogP contribution in [0, 0.1) is 0 Å². The highest BCUT2D eigenvalue weighted by Gasteiger charge is 2.29. The average Bonchev–Trinajstić information content (AvgIpc) is 3.86. The predicted molar refractivity (Wildman–Crippen MR) is 236 cm³/mol. The van der Waals surface area contributed by atoms with Gasteiger partial charge in [-0.25, -0.2) is 4.79 Å². The summed E-state index contributed by atoms with van der Waals surface area (Å²) in [4.78, 5) is 37.7. The smallest absolute Gasteiger partial charge is 0.410 e. The first-order chi connectivity index (χ1) is 29.2. The number of nitrogens with zero attached hydrogens (tertiary/aromatic N) is 11. The standard InChI is InChI=1S/C24H39N7O3.C19H31N7O/c1-16(2)19-15-25-31-20(19)27-22(33-18-9-11-29(6)12-10-18)28-21(31)26-17-7-13-30(14-8-17)23(32)34-24(3,4)5;1-13(2)16-12-21-26-17(16)23-19(27-15-6-10-25(3)11-7-15)24-18(26)22-14-4-8-20-9-5-14/h15-18H,7-14H2,1-6H3,(H,26,27,28);12-15,20H,4-11H2,1-3H3,(H,22,23,24). The van der Waals surface area contributed by atoms with Gasteiger partial charge in [0, 0.05) is 62.5 Å². The number of nitrogens with one attached hydrogen (secondary N) is 3. The van der Waals surface area contributed by atoms with Crippen LogP contribution in [0.5, 0.6) is 12.0 Å². The molecule has 18 heteroatoms. The predicted octanol–water partition coefficient (Wildman–Crippen LogP) is 5.42. The third kappa shape index (κ3) is 11.7. The Bertz CT molecular complexity index is 2030. The molecule has 0 aliphatic carbocycles. The van der Waals surface area contributed by atoms with E-state index in [4.69, 9.17) is 34.1 Å². The van der Waals surface area contributed by atoms with Gasteiger partial charge in [-0.3, -0.25) is 0 Å². The van der Waals surface area contributed by atoms with Crippen LogP contribution < -0.4 is 25.4 Å². The lowest BCUT2D eigenvalue weighted by molar-refractivity contribution is 0.0210. The molecule has 4 fully saturated rings. The highest BCUT2D eigenvalue weighted by Crippen LogP contribution is 2.28. The average molecular weight is 847 g/mol. The van der Waals surface area contributed by atoms with E-state index in [0.29, 0.717) is 43.0 Å². The second-order valence-electron chi connectivity index (χ2n) is 18.9. The van der Waals surface area contributed by atoms with E-state index in [0.717, 1.165) is 119 Å². The number of rotatable bonds is 10. The van der Waals surface area contributed by atoms with Crippen LogP contribution in [-0.4, -0.2) is 156 Å². The molecule has 4 aliphatic heterocycles. The number of piperidine rings is 4. The third-order valence-corrected chi connectivity index (χ3v) is 12.0. The summed E-state index contributed by atoms with van der Waals surface area (Å²) < 4.78 is 21.6. The Morgan fingerprint density at radius 3 is 1.49 bits per heavy atom. The zero-order chi connectivity index (χ0) is 43.3. The molecule has 3 N–H and O–H groups in total. The number of hydrogen-bond acceptors (Lipinski definition) is 15. The molecule has 4 aromatic rings. The Labute approximate surface area is 360 Å². The lowest BCUT2D eigenvalue weighted by Gasteiger charge is -2.33. The number of hydrogen-bond donors (Lipinski definition) is 3. The number of amides is 1. The Morgan fingerprint density at radius 1 is 0.656 bits per heavy atom. The van der Waals surface area contributed by atoms with Crippen LogP contribution >= 0.6 is 0 Å². The summed E-state index contributed by atoms with van der Waals surface area (Å²) in [6.07, 6.45) is 11.5. The molecular formula is C43H70N14O4. The minimum absolute atomic E-state index is 0.119. The van der Waals surface area contributed by atoms with Gasteiger partial charge < -0.3 is 44.9 Å². The zero-order valence-electron chi connectivity index (χ0n) is 38.0. The van der Waals surface area contributed by atoms with Crippen molar-refractivity contribution in [1.29, 1.82) is 0 Å². The van der Waals surface area contributed by atoms with Crippen molar-refractivity contribution in [2.45, 2.75) is 142 Å². The van der Waals surface area contributed by atoms with Crippen LogP contribution in [0.2, 0.25) is 0 Å².